The highest BCUT2D eigenvalue weighted by Crippen LogP contribution is 2.35. The minimum absolute atomic E-state index is 0.00408. The fraction of sp³-hybridized carbons (Fsp3) is 0.421. The number of anilines is 1. The van der Waals surface area contributed by atoms with Crippen LogP contribution in [0.1, 0.15) is 12.8 Å². The number of aromatic nitrogens is 4. The highest BCUT2D eigenvalue weighted by Gasteiger charge is 2.22. The number of aliphatic hydroxyl groups is 1. The maximum atomic E-state index is 12.9. The summed E-state index contributed by atoms with van der Waals surface area (Å²) in [5.41, 5.74) is 1.42. The first-order valence-electron chi connectivity index (χ1n) is 9.58. The quantitative estimate of drug-likeness (QED) is 0.534. The van der Waals surface area contributed by atoms with Gasteiger partial charge in [0.1, 0.15) is 17.8 Å². The molecule has 1 fully saturated rings. The van der Waals surface area contributed by atoms with E-state index in [1.54, 1.807) is 29.1 Å². The molecule has 160 valence electrons. The first-order valence-corrected chi connectivity index (χ1v) is 10.4. The van der Waals surface area contributed by atoms with Gasteiger partial charge >= 0.3 is 6.61 Å². The Balaban J connectivity index is 1.65. The third-order valence-corrected chi connectivity index (χ3v) is 5.52. The number of aliphatic hydroxyl groups excluding tert-OH is 1. The molecule has 1 aliphatic rings. The van der Waals surface area contributed by atoms with Gasteiger partial charge in [0, 0.05) is 29.2 Å². The van der Waals surface area contributed by atoms with Gasteiger partial charge in [0.2, 0.25) is 5.95 Å². The molecule has 0 amide bonds. The van der Waals surface area contributed by atoms with Crippen molar-refractivity contribution in [2.75, 3.05) is 31.6 Å². The Bertz CT molecular complexity index is 1020. The summed E-state index contributed by atoms with van der Waals surface area (Å²) in [6.07, 6.45) is 5.21. The zero-order valence-electron chi connectivity index (χ0n) is 16.0. The molecule has 11 heteroatoms. The molecular weight excluding hydrogens is 462 g/mol. The molecule has 0 spiro atoms. The smallest absolute Gasteiger partial charge is 0.387 e. The van der Waals surface area contributed by atoms with Crippen LogP contribution in [0.4, 0.5) is 14.7 Å². The van der Waals surface area contributed by atoms with E-state index in [4.69, 9.17) is 4.74 Å². The second kappa shape index (κ2) is 9.19. The molecule has 2 N–H and O–H groups in total. The molecule has 30 heavy (non-hydrogen) atoms. The maximum absolute atomic E-state index is 12.9. The van der Waals surface area contributed by atoms with Crippen LogP contribution in [0.15, 0.2) is 35.2 Å². The van der Waals surface area contributed by atoms with Gasteiger partial charge in [0.15, 0.2) is 0 Å². The predicted molar refractivity (Wildman–Crippen MR) is 111 cm³/mol. The molecule has 0 saturated carbocycles. The van der Waals surface area contributed by atoms with Crippen molar-refractivity contribution in [1.29, 1.82) is 0 Å². The SMILES string of the molecule is OCCN1CCC[C@@H](Nc2nnc(-c3ccc(Br)cc3OC(F)F)c3cncn23)C1. The summed E-state index contributed by atoms with van der Waals surface area (Å²) < 4.78 is 32.8. The number of ether oxygens (including phenoxy) is 1. The summed E-state index contributed by atoms with van der Waals surface area (Å²) in [6.45, 7) is -0.441. The fourth-order valence-corrected chi connectivity index (χ4v) is 4.05. The van der Waals surface area contributed by atoms with E-state index in [0.29, 0.717) is 33.7 Å². The summed E-state index contributed by atoms with van der Waals surface area (Å²) in [7, 11) is 0. The van der Waals surface area contributed by atoms with Crippen molar-refractivity contribution in [3.8, 4) is 17.0 Å². The molecule has 0 bridgehead atoms. The van der Waals surface area contributed by atoms with E-state index in [-0.39, 0.29) is 18.4 Å². The molecule has 0 radical (unpaired) electrons. The number of nitrogens with one attached hydrogen (secondary N) is 1. The van der Waals surface area contributed by atoms with Crippen LogP contribution >= 0.6 is 15.9 Å². The Morgan fingerprint density at radius 1 is 1.33 bits per heavy atom. The Labute approximate surface area is 180 Å². The number of fused-ring (bicyclic) bond motifs is 1. The summed E-state index contributed by atoms with van der Waals surface area (Å²) in [5.74, 6) is 0.528. The van der Waals surface area contributed by atoms with Gasteiger partial charge < -0.3 is 15.2 Å². The summed E-state index contributed by atoms with van der Waals surface area (Å²) in [6, 6.07) is 5.01. The molecule has 3 heterocycles. The van der Waals surface area contributed by atoms with Crippen LogP contribution in [0.3, 0.4) is 0 Å². The monoisotopic (exact) mass is 482 g/mol. The van der Waals surface area contributed by atoms with Crippen molar-refractivity contribution >= 4 is 27.4 Å². The van der Waals surface area contributed by atoms with E-state index in [1.807, 2.05) is 0 Å². The number of nitrogens with zero attached hydrogens (tertiary/aromatic N) is 5. The molecule has 0 unspecified atom stereocenters. The highest BCUT2D eigenvalue weighted by atomic mass is 79.9. The molecule has 4 rings (SSSR count). The molecule has 8 nitrogen and oxygen atoms in total. The maximum Gasteiger partial charge on any atom is 0.387 e. The summed E-state index contributed by atoms with van der Waals surface area (Å²) in [4.78, 5) is 6.39. The Hall–Kier alpha value is -2.37. The lowest BCUT2D eigenvalue weighted by Crippen LogP contribution is -2.43. The van der Waals surface area contributed by atoms with Gasteiger partial charge in [-0.3, -0.25) is 9.30 Å². The van der Waals surface area contributed by atoms with E-state index in [0.717, 1.165) is 25.9 Å². The molecular formula is C19H21BrF2N6O2. The van der Waals surface area contributed by atoms with Gasteiger partial charge in [-0.15, -0.1) is 10.2 Å². The molecule has 3 aromatic rings. The van der Waals surface area contributed by atoms with Gasteiger partial charge in [0.25, 0.3) is 0 Å². The fourth-order valence-electron chi connectivity index (χ4n) is 3.71. The van der Waals surface area contributed by atoms with Gasteiger partial charge in [-0.05, 0) is 37.6 Å². The third-order valence-electron chi connectivity index (χ3n) is 5.02. The number of hydrogen-bond donors (Lipinski definition) is 2. The Morgan fingerprint density at radius 2 is 2.20 bits per heavy atom. The number of halogens is 3. The van der Waals surface area contributed by atoms with Crippen LogP contribution in [0.2, 0.25) is 0 Å². The number of piperidine rings is 1. The number of hydrogen-bond acceptors (Lipinski definition) is 7. The van der Waals surface area contributed by atoms with E-state index in [2.05, 4.69) is 41.3 Å². The lowest BCUT2D eigenvalue weighted by molar-refractivity contribution is -0.0495. The van der Waals surface area contributed by atoms with E-state index >= 15 is 0 Å². The topological polar surface area (TPSA) is 87.8 Å². The lowest BCUT2D eigenvalue weighted by Gasteiger charge is -2.32. The number of β-amino-alcohol motifs (C(OH)–C–C–N with tert-alkyl or cyclic N) is 1. The first kappa shape index (κ1) is 20.9. The summed E-state index contributed by atoms with van der Waals surface area (Å²) >= 11 is 3.28. The number of alkyl halides is 2. The van der Waals surface area contributed by atoms with Crippen molar-refractivity contribution in [1.82, 2.24) is 24.5 Å². The highest BCUT2D eigenvalue weighted by molar-refractivity contribution is 9.10. The Morgan fingerprint density at radius 3 is 3.00 bits per heavy atom. The first-order chi connectivity index (χ1) is 14.5. The molecule has 1 aromatic carbocycles. The van der Waals surface area contributed by atoms with Crippen LogP contribution < -0.4 is 10.1 Å². The average molecular weight is 483 g/mol. The van der Waals surface area contributed by atoms with E-state index in [9.17, 15) is 13.9 Å². The number of likely N-dealkylation sites (tertiary alicyclic amines) is 1. The van der Waals surface area contributed by atoms with Crippen molar-refractivity contribution in [2.45, 2.75) is 25.5 Å². The van der Waals surface area contributed by atoms with Crippen molar-refractivity contribution in [3.63, 3.8) is 0 Å². The number of rotatable bonds is 7. The van der Waals surface area contributed by atoms with Crippen LogP contribution in [-0.2, 0) is 0 Å². The largest absolute Gasteiger partial charge is 0.434 e. The predicted octanol–water partition coefficient (Wildman–Crippen LogP) is 3.02. The molecule has 2 aromatic heterocycles. The molecule has 1 saturated heterocycles. The second-order valence-corrected chi connectivity index (χ2v) is 7.96. The zero-order valence-corrected chi connectivity index (χ0v) is 17.6. The van der Waals surface area contributed by atoms with Crippen molar-refractivity contribution in [2.24, 2.45) is 0 Å². The van der Waals surface area contributed by atoms with Crippen LogP contribution in [0.25, 0.3) is 16.8 Å². The third kappa shape index (κ3) is 4.52. The molecule has 1 atom stereocenters. The van der Waals surface area contributed by atoms with Crippen LogP contribution in [-0.4, -0.2) is 68.5 Å². The minimum Gasteiger partial charge on any atom is -0.434 e. The van der Waals surface area contributed by atoms with Crippen LogP contribution in [0, 0.1) is 0 Å². The molecule has 1 aliphatic heterocycles. The average Bonchev–Trinajstić information content (AvgIpc) is 3.19. The number of imidazole rings is 1. The summed E-state index contributed by atoms with van der Waals surface area (Å²) in [5, 5.41) is 21.2. The second-order valence-electron chi connectivity index (χ2n) is 7.05. The number of benzene rings is 1. The zero-order chi connectivity index (χ0) is 21.1. The normalized spacial score (nSPS) is 17.6. The van der Waals surface area contributed by atoms with Gasteiger partial charge in [-0.1, -0.05) is 15.9 Å². The lowest BCUT2D eigenvalue weighted by atomic mass is 10.1. The van der Waals surface area contributed by atoms with Gasteiger partial charge in [-0.25, -0.2) is 4.98 Å². The molecule has 0 aliphatic carbocycles. The van der Waals surface area contributed by atoms with E-state index < -0.39 is 6.61 Å². The standard InChI is InChI=1S/C19H21BrF2N6O2/c20-12-3-4-14(16(8-12)30-18(21)22)17-15-9-23-11-28(15)19(26-25-17)24-13-2-1-5-27(10-13)6-7-29/h3-4,8-9,11,13,18,29H,1-2,5-7,10H2,(H,24,26)/t13-/m1/s1. The van der Waals surface area contributed by atoms with Crippen molar-refractivity contribution in [3.05, 3.63) is 35.2 Å². The van der Waals surface area contributed by atoms with E-state index in [1.165, 1.54) is 6.07 Å². The van der Waals surface area contributed by atoms with Gasteiger partial charge in [-0.2, -0.15) is 8.78 Å². The van der Waals surface area contributed by atoms with Crippen LogP contribution in [0.5, 0.6) is 5.75 Å². The Kier molecular flexibility index (Phi) is 6.40. The van der Waals surface area contributed by atoms with Crippen molar-refractivity contribution < 1.29 is 18.6 Å². The van der Waals surface area contributed by atoms with Gasteiger partial charge in [0.05, 0.1) is 18.3 Å². The minimum atomic E-state index is -2.96.